The average Bonchev–Trinajstić information content (AvgIpc) is 2.25. The minimum absolute atomic E-state index is 1.18. The molecule has 0 N–H and O–H groups in total. The van der Waals surface area contributed by atoms with Crippen molar-refractivity contribution >= 4 is 6.08 Å². The maximum atomic E-state index is 4.14. The second-order valence-corrected chi connectivity index (χ2v) is 4.39. The van der Waals surface area contributed by atoms with Crippen molar-refractivity contribution in [3.05, 3.63) is 53.1 Å². The van der Waals surface area contributed by atoms with Crippen molar-refractivity contribution in [2.45, 2.75) is 32.6 Å². The molecule has 1 aromatic rings. The molecule has 1 aromatic carbocycles. The van der Waals surface area contributed by atoms with Crippen LogP contribution in [0.2, 0.25) is 0 Å². The average molecular weight is 198 g/mol. The van der Waals surface area contributed by atoms with E-state index < -0.39 is 0 Å². The maximum absolute atomic E-state index is 4.14. The van der Waals surface area contributed by atoms with Gasteiger partial charge in [0.1, 0.15) is 0 Å². The van der Waals surface area contributed by atoms with Gasteiger partial charge in [0, 0.05) is 0 Å². The van der Waals surface area contributed by atoms with Gasteiger partial charge in [-0.05, 0) is 43.7 Å². The van der Waals surface area contributed by atoms with Crippen molar-refractivity contribution in [1.82, 2.24) is 0 Å². The summed E-state index contributed by atoms with van der Waals surface area (Å²) in [5.41, 5.74) is 5.41. The van der Waals surface area contributed by atoms with Gasteiger partial charge >= 0.3 is 0 Å². The highest BCUT2D eigenvalue weighted by Gasteiger charge is 2.08. The van der Waals surface area contributed by atoms with E-state index in [4.69, 9.17) is 0 Å². The van der Waals surface area contributed by atoms with E-state index in [0.717, 1.165) is 0 Å². The summed E-state index contributed by atoms with van der Waals surface area (Å²) in [6.07, 6.45) is 7.30. The topological polar surface area (TPSA) is 0 Å². The molecule has 0 unspecified atom stereocenters. The molecule has 0 spiro atoms. The third kappa shape index (κ3) is 2.59. The molecule has 0 amide bonds. The Labute approximate surface area is 92.3 Å². The van der Waals surface area contributed by atoms with Crippen LogP contribution >= 0.6 is 0 Å². The van der Waals surface area contributed by atoms with Gasteiger partial charge in [-0.2, -0.15) is 0 Å². The molecule has 1 saturated carbocycles. The molecule has 0 aliphatic heterocycles. The van der Waals surface area contributed by atoms with Gasteiger partial charge in [0.25, 0.3) is 0 Å². The highest BCUT2D eigenvalue weighted by Crippen LogP contribution is 2.28. The Morgan fingerprint density at radius 2 is 1.73 bits per heavy atom. The van der Waals surface area contributed by atoms with E-state index in [1.54, 1.807) is 0 Å². The standard InChI is InChI=1S/C15H18/c1-12-7-9-14(10-8-12)11-15-6-4-3-5-13(15)2/h7-11H,2-6H2,1H3/b15-11-. The highest BCUT2D eigenvalue weighted by molar-refractivity contribution is 5.58. The van der Waals surface area contributed by atoms with Crippen LogP contribution < -0.4 is 0 Å². The van der Waals surface area contributed by atoms with Crippen LogP contribution in [-0.4, -0.2) is 0 Å². The summed E-state index contributed by atoms with van der Waals surface area (Å²) in [6.45, 7) is 6.26. The molecule has 1 aliphatic rings. The predicted octanol–water partition coefficient (Wildman–Crippen LogP) is 4.51. The van der Waals surface area contributed by atoms with Crippen LogP contribution in [0, 0.1) is 6.92 Å². The minimum atomic E-state index is 1.18. The van der Waals surface area contributed by atoms with E-state index in [0.29, 0.717) is 0 Å². The van der Waals surface area contributed by atoms with Crippen molar-refractivity contribution in [2.75, 3.05) is 0 Å². The third-order valence-corrected chi connectivity index (χ3v) is 3.05. The van der Waals surface area contributed by atoms with E-state index >= 15 is 0 Å². The van der Waals surface area contributed by atoms with Crippen LogP contribution in [0.25, 0.3) is 6.08 Å². The summed E-state index contributed by atoms with van der Waals surface area (Å²) in [6, 6.07) is 8.70. The van der Waals surface area contributed by atoms with Crippen LogP contribution in [0.5, 0.6) is 0 Å². The second kappa shape index (κ2) is 4.48. The van der Waals surface area contributed by atoms with Gasteiger partial charge in [0.2, 0.25) is 0 Å². The molecule has 1 fully saturated rings. The fourth-order valence-corrected chi connectivity index (χ4v) is 2.03. The first kappa shape index (κ1) is 10.2. The number of hydrogen-bond donors (Lipinski definition) is 0. The molecular weight excluding hydrogens is 180 g/mol. The summed E-state index contributed by atoms with van der Waals surface area (Å²) in [5.74, 6) is 0. The Morgan fingerprint density at radius 1 is 1.07 bits per heavy atom. The summed E-state index contributed by atoms with van der Waals surface area (Å²) in [4.78, 5) is 0. The second-order valence-electron chi connectivity index (χ2n) is 4.39. The Kier molecular flexibility index (Phi) is 3.05. The van der Waals surface area contributed by atoms with E-state index in [1.165, 1.54) is 48.0 Å². The Hall–Kier alpha value is -1.30. The molecule has 15 heavy (non-hydrogen) atoms. The smallest absolute Gasteiger partial charge is 0.0254 e. The van der Waals surface area contributed by atoms with Crippen molar-refractivity contribution < 1.29 is 0 Å². The van der Waals surface area contributed by atoms with Crippen LogP contribution in [0.3, 0.4) is 0 Å². The third-order valence-electron chi connectivity index (χ3n) is 3.05. The molecule has 0 bridgehead atoms. The highest BCUT2D eigenvalue weighted by atomic mass is 14.1. The monoisotopic (exact) mass is 198 g/mol. The minimum Gasteiger partial charge on any atom is -0.0956 e. The van der Waals surface area contributed by atoms with Gasteiger partial charge in [0.15, 0.2) is 0 Å². The van der Waals surface area contributed by atoms with Gasteiger partial charge < -0.3 is 0 Å². The van der Waals surface area contributed by atoms with Crippen LogP contribution in [0.15, 0.2) is 42.0 Å². The quantitative estimate of drug-likeness (QED) is 0.623. The zero-order valence-corrected chi connectivity index (χ0v) is 9.42. The number of aryl methyl sites for hydroxylation is 1. The van der Waals surface area contributed by atoms with Crippen molar-refractivity contribution in [2.24, 2.45) is 0 Å². The number of rotatable bonds is 1. The van der Waals surface area contributed by atoms with Crippen molar-refractivity contribution in [3.63, 3.8) is 0 Å². The molecule has 0 atom stereocenters. The van der Waals surface area contributed by atoms with Crippen LogP contribution in [-0.2, 0) is 0 Å². The molecule has 0 nitrogen and oxygen atoms in total. The van der Waals surface area contributed by atoms with Gasteiger partial charge in [0.05, 0.1) is 0 Å². The van der Waals surface area contributed by atoms with E-state index in [-0.39, 0.29) is 0 Å². The van der Waals surface area contributed by atoms with Gasteiger partial charge in [-0.15, -0.1) is 0 Å². The first-order valence-electron chi connectivity index (χ1n) is 5.71. The number of benzene rings is 1. The maximum Gasteiger partial charge on any atom is -0.0254 e. The Balaban J connectivity index is 2.21. The largest absolute Gasteiger partial charge is 0.0956 e. The van der Waals surface area contributed by atoms with E-state index in [9.17, 15) is 0 Å². The molecule has 0 heteroatoms. The molecule has 0 heterocycles. The Morgan fingerprint density at radius 3 is 2.40 bits per heavy atom. The number of hydrogen-bond acceptors (Lipinski definition) is 0. The molecule has 0 saturated heterocycles. The van der Waals surface area contributed by atoms with Crippen LogP contribution in [0.1, 0.15) is 36.8 Å². The summed E-state index contributed by atoms with van der Waals surface area (Å²) >= 11 is 0. The molecule has 78 valence electrons. The first-order valence-corrected chi connectivity index (χ1v) is 5.71. The Bertz CT molecular complexity index is 379. The summed E-state index contributed by atoms with van der Waals surface area (Å²) in [5, 5.41) is 0. The van der Waals surface area contributed by atoms with Crippen LogP contribution in [0.4, 0.5) is 0 Å². The lowest BCUT2D eigenvalue weighted by Crippen LogP contribution is -1.96. The summed E-state index contributed by atoms with van der Waals surface area (Å²) in [7, 11) is 0. The molecule has 2 rings (SSSR count). The number of allylic oxidation sites excluding steroid dienone is 2. The fraction of sp³-hybridized carbons (Fsp3) is 0.333. The molecule has 0 aromatic heterocycles. The van der Waals surface area contributed by atoms with Crippen molar-refractivity contribution in [3.8, 4) is 0 Å². The first-order chi connectivity index (χ1) is 7.25. The lowest BCUT2D eigenvalue weighted by atomic mass is 9.89. The fourth-order valence-electron chi connectivity index (χ4n) is 2.03. The van der Waals surface area contributed by atoms with Gasteiger partial charge in [-0.25, -0.2) is 0 Å². The normalized spacial score (nSPS) is 19.5. The van der Waals surface area contributed by atoms with Crippen molar-refractivity contribution in [1.29, 1.82) is 0 Å². The molecular formula is C15H18. The zero-order chi connectivity index (χ0) is 10.7. The van der Waals surface area contributed by atoms with E-state index in [1.807, 2.05) is 0 Å². The SMILES string of the molecule is C=C1CCCC/C1=C/c1ccc(C)cc1. The van der Waals surface area contributed by atoms with Gasteiger partial charge in [-0.1, -0.05) is 48.1 Å². The van der Waals surface area contributed by atoms with E-state index in [2.05, 4.69) is 43.8 Å². The predicted molar refractivity (Wildman–Crippen MR) is 66.8 cm³/mol. The lowest BCUT2D eigenvalue weighted by Gasteiger charge is -2.16. The molecule has 1 aliphatic carbocycles. The zero-order valence-electron chi connectivity index (χ0n) is 9.42. The lowest BCUT2D eigenvalue weighted by molar-refractivity contribution is 0.684. The van der Waals surface area contributed by atoms with Gasteiger partial charge in [-0.3, -0.25) is 0 Å². The molecule has 0 radical (unpaired) electrons. The summed E-state index contributed by atoms with van der Waals surface area (Å²) < 4.78 is 0.